The average Bonchev–Trinajstić information content (AvgIpc) is 3.49. The third kappa shape index (κ3) is 3.08. The van der Waals surface area contributed by atoms with Crippen LogP contribution >= 0.6 is 0 Å². The van der Waals surface area contributed by atoms with Crippen LogP contribution in [0, 0.1) is 0 Å². The maximum atomic E-state index is 13.3. The monoisotopic (exact) mass is 414 g/mol. The lowest BCUT2D eigenvalue weighted by Gasteiger charge is -2.48. The summed E-state index contributed by atoms with van der Waals surface area (Å²) < 4.78 is 5.23. The van der Waals surface area contributed by atoms with Crippen LogP contribution in [0.1, 0.15) is 43.0 Å². The predicted octanol–water partition coefficient (Wildman–Crippen LogP) is 0.517. The number of amides is 5. The van der Waals surface area contributed by atoms with Crippen molar-refractivity contribution in [2.45, 2.75) is 44.3 Å². The Hall–Kier alpha value is -3.43. The van der Waals surface area contributed by atoms with Crippen molar-refractivity contribution >= 4 is 35.4 Å². The minimum atomic E-state index is -1.62. The molecule has 0 aromatic heterocycles. The van der Waals surface area contributed by atoms with E-state index < -0.39 is 30.2 Å². The van der Waals surface area contributed by atoms with Crippen molar-refractivity contribution in [3.63, 3.8) is 0 Å². The number of rotatable bonds is 5. The Balaban J connectivity index is 1.63. The van der Waals surface area contributed by atoms with Gasteiger partial charge in [-0.2, -0.15) is 0 Å². The summed E-state index contributed by atoms with van der Waals surface area (Å²) in [7, 11) is 0. The molecule has 158 valence electrons. The zero-order valence-electron chi connectivity index (χ0n) is 16.5. The van der Waals surface area contributed by atoms with Gasteiger partial charge in [0.05, 0.1) is 11.3 Å². The fraction of sp³-hybridized carbons (Fsp3) is 0.450. The maximum Gasteiger partial charge on any atom is 0.354 e. The molecule has 2 aliphatic heterocycles. The van der Waals surface area contributed by atoms with Gasteiger partial charge in [-0.3, -0.25) is 24.6 Å². The number of nitrogens with zero attached hydrogens (tertiary/aromatic N) is 2. The third-order valence-electron chi connectivity index (χ3n) is 5.46. The minimum absolute atomic E-state index is 0.0744. The first kappa shape index (κ1) is 19.9. The number of carbonyl (C=O) groups excluding carboxylic acids is 5. The number of para-hydroxylation sites is 1. The van der Waals surface area contributed by atoms with Crippen LogP contribution in [0.15, 0.2) is 24.3 Å². The van der Waals surface area contributed by atoms with Gasteiger partial charge >= 0.3 is 12.0 Å². The lowest BCUT2D eigenvalue weighted by Crippen LogP contribution is -2.69. The van der Waals surface area contributed by atoms with Gasteiger partial charge in [-0.25, -0.2) is 9.59 Å². The Labute approximate surface area is 172 Å². The van der Waals surface area contributed by atoms with E-state index in [0.717, 1.165) is 12.8 Å². The van der Waals surface area contributed by atoms with Crippen molar-refractivity contribution in [3.05, 3.63) is 29.8 Å². The van der Waals surface area contributed by atoms with E-state index in [1.165, 1.54) is 9.80 Å². The molecule has 2 heterocycles. The van der Waals surface area contributed by atoms with Crippen molar-refractivity contribution in [1.29, 1.82) is 0 Å². The zero-order chi connectivity index (χ0) is 21.5. The molecule has 1 saturated carbocycles. The van der Waals surface area contributed by atoms with Gasteiger partial charge in [0, 0.05) is 25.4 Å². The van der Waals surface area contributed by atoms with E-state index in [1.807, 2.05) is 5.32 Å². The van der Waals surface area contributed by atoms with Gasteiger partial charge in [-0.05, 0) is 31.9 Å². The van der Waals surface area contributed by atoms with Crippen molar-refractivity contribution in [3.8, 4) is 0 Å². The molecule has 5 amide bonds. The molecule has 2 fully saturated rings. The van der Waals surface area contributed by atoms with E-state index in [4.69, 9.17) is 4.74 Å². The molecule has 3 aliphatic rings. The molecule has 4 rings (SSSR count). The Morgan fingerprint density at radius 2 is 1.93 bits per heavy atom. The van der Waals surface area contributed by atoms with Gasteiger partial charge in [-0.15, -0.1) is 0 Å². The van der Waals surface area contributed by atoms with E-state index in [9.17, 15) is 24.0 Å². The van der Waals surface area contributed by atoms with Gasteiger partial charge in [-0.1, -0.05) is 12.1 Å². The first-order valence-electron chi connectivity index (χ1n) is 9.90. The molecule has 1 aliphatic carbocycles. The molecule has 30 heavy (non-hydrogen) atoms. The summed E-state index contributed by atoms with van der Waals surface area (Å²) >= 11 is 0. The van der Waals surface area contributed by atoms with Crippen LogP contribution in [0.3, 0.4) is 0 Å². The second-order valence-electron chi connectivity index (χ2n) is 7.45. The molecule has 10 nitrogen and oxygen atoms in total. The Kier molecular flexibility index (Phi) is 4.92. The summed E-state index contributed by atoms with van der Waals surface area (Å²) in [6.07, 6.45) is 1.61. The number of hydrogen-bond acceptors (Lipinski definition) is 6. The fourth-order valence-corrected chi connectivity index (χ4v) is 4.13. The van der Waals surface area contributed by atoms with Crippen LogP contribution in [0.2, 0.25) is 0 Å². The van der Waals surface area contributed by atoms with Crippen molar-refractivity contribution in [2.75, 3.05) is 18.1 Å². The van der Waals surface area contributed by atoms with Crippen LogP contribution in [-0.4, -0.2) is 59.5 Å². The minimum Gasteiger partial charge on any atom is -0.452 e. The van der Waals surface area contributed by atoms with Crippen molar-refractivity contribution in [1.82, 2.24) is 15.5 Å². The molecular formula is C20H22N4O6. The number of benzene rings is 1. The Bertz CT molecular complexity index is 943. The number of ether oxygens (including phenoxy) is 1. The second-order valence-corrected chi connectivity index (χ2v) is 7.45. The van der Waals surface area contributed by atoms with E-state index in [2.05, 4.69) is 5.32 Å². The molecule has 0 bridgehead atoms. The summed E-state index contributed by atoms with van der Waals surface area (Å²) in [5.74, 6) is -2.27. The van der Waals surface area contributed by atoms with Gasteiger partial charge < -0.3 is 15.0 Å². The highest BCUT2D eigenvalue weighted by Crippen LogP contribution is 2.49. The van der Waals surface area contributed by atoms with E-state index in [1.54, 1.807) is 31.2 Å². The maximum absolute atomic E-state index is 13.3. The highest BCUT2D eigenvalue weighted by molar-refractivity contribution is 6.15. The number of esters is 1. The fourth-order valence-electron chi connectivity index (χ4n) is 4.13. The lowest BCUT2D eigenvalue weighted by molar-refractivity contribution is -0.160. The first-order valence-corrected chi connectivity index (χ1v) is 9.90. The SMILES string of the molecule is CCNC(=O)NC(=O)COC(=O)[C@]12CCC(=O)N1c1ccccc1C(=O)N2C1CC1. The van der Waals surface area contributed by atoms with Crippen LogP contribution in [0.4, 0.5) is 10.5 Å². The lowest BCUT2D eigenvalue weighted by atomic mass is 9.96. The summed E-state index contributed by atoms with van der Waals surface area (Å²) in [6, 6.07) is 5.80. The normalized spacial score (nSPS) is 22.3. The molecule has 0 spiro atoms. The molecule has 0 radical (unpaired) electrons. The molecule has 1 aromatic rings. The summed E-state index contributed by atoms with van der Waals surface area (Å²) in [5.41, 5.74) is -0.891. The topological polar surface area (TPSA) is 125 Å². The van der Waals surface area contributed by atoms with Crippen LogP contribution in [0.25, 0.3) is 0 Å². The van der Waals surface area contributed by atoms with Gasteiger partial charge in [0.1, 0.15) is 0 Å². The second kappa shape index (κ2) is 7.43. The molecular weight excluding hydrogens is 392 g/mol. The zero-order valence-corrected chi connectivity index (χ0v) is 16.5. The Morgan fingerprint density at radius 3 is 2.63 bits per heavy atom. The number of carbonyl (C=O) groups is 5. The summed E-state index contributed by atoms with van der Waals surface area (Å²) in [4.78, 5) is 65.5. The number of nitrogens with one attached hydrogen (secondary N) is 2. The van der Waals surface area contributed by atoms with Crippen LogP contribution in [0.5, 0.6) is 0 Å². The number of fused-ring (bicyclic) bond motifs is 3. The molecule has 1 atom stereocenters. The van der Waals surface area contributed by atoms with Gasteiger partial charge in [0.25, 0.3) is 11.8 Å². The number of urea groups is 1. The van der Waals surface area contributed by atoms with Gasteiger partial charge in [0.2, 0.25) is 11.6 Å². The highest BCUT2D eigenvalue weighted by Gasteiger charge is 2.64. The van der Waals surface area contributed by atoms with E-state index in [0.29, 0.717) is 17.8 Å². The van der Waals surface area contributed by atoms with Crippen molar-refractivity contribution < 1.29 is 28.7 Å². The number of anilines is 1. The standard InChI is InChI=1S/C20H22N4O6/c1-2-21-19(29)22-15(25)11-30-18(28)20-10-9-16(26)24(20)14-6-4-3-5-13(14)17(27)23(20)12-7-8-12/h3-6,12H,2,7-11H2,1H3,(H2,21,22,25,29)/t20-/m0/s1. The molecule has 0 unspecified atom stereocenters. The Morgan fingerprint density at radius 1 is 1.20 bits per heavy atom. The number of imide groups is 1. The van der Waals surface area contributed by atoms with E-state index in [-0.39, 0.29) is 30.7 Å². The average molecular weight is 414 g/mol. The van der Waals surface area contributed by atoms with Crippen LogP contribution < -0.4 is 15.5 Å². The summed E-state index contributed by atoms with van der Waals surface area (Å²) in [5, 5.41) is 4.45. The summed E-state index contributed by atoms with van der Waals surface area (Å²) in [6.45, 7) is 1.32. The third-order valence-corrected chi connectivity index (χ3v) is 5.46. The van der Waals surface area contributed by atoms with Gasteiger partial charge in [0.15, 0.2) is 6.61 Å². The van der Waals surface area contributed by atoms with E-state index >= 15 is 0 Å². The van der Waals surface area contributed by atoms with Crippen molar-refractivity contribution in [2.24, 2.45) is 0 Å². The largest absolute Gasteiger partial charge is 0.452 e. The molecule has 10 heteroatoms. The smallest absolute Gasteiger partial charge is 0.354 e. The quantitative estimate of drug-likeness (QED) is 0.677. The highest BCUT2D eigenvalue weighted by atomic mass is 16.5. The molecule has 1 saturated heterocycles. The molecule has 1 aromatic carbocycles. The number of hydrogen-bond donors (Lipinski definition) is 2. The molecule has 2 N–H and O–H groups in total. The first-order chi connectivity index (χ1) is 14.4. The van der Waals surface area contributed by atoms with Crippen LogP contribution in [-0.2, 0) is 19.1 Å². The predicted molar refractivity (Wildman–Crippen MR) is 103 cm³/mol.